The van der Waals surface area contributed by atoms with Gasteiger partial charge in [-0.25, -0.2) is 0 Å². The molecule has 0 aromatic heterocycles. The third kappa shape index (κ3) is 5.25. The largest absolute Gasteiger partial charge is 0.481 e. The van der Waals surface area contributed by atoms with Crippen LogP contribution in [0.2, 0.25) is 0 Å². The molecule has 1 amide bonds. The van der Waals surface area contributed by atoms with Gasteiger partial charge in [0.2, 0.25) is 0 Å². The monoisotopic (exact) mass is 308 g/mol. The van der Waals surface area contributed by atoms with E-state index in [4.69, 9.17) is 4.74 Å². The van der Waals surface area contributed by atoms with Crippen molar-refractivity contribution in [2.45, 2.75) is 30.8 Å². The zero-order valence-corrected chi connectivity index (χ0v) is 13.5. The summed E-state index contributed by atoms with van der Waals surface area (Å²) in [4.78, 5) is 13.2. The number of hydrogen-bond donors (Lipinski definition) is 2. The molecule has 21 heavy (non-hydrogen) atoms. The molecule has 1 aromatic rings. The van der Waals surface area contributed by atoms with Crippen LogP contribution in [0.25, 0.3) is 0 Å². The molecule has 116 valence electrons. The fourth-order valence-corrected chi connectivity index (χ4v) is 2.81. The summed E-state index contributed by atoms with van der Waals surface area (Å²) in [6.45, 7) is 4.60. The molecular formula is C16H24N2O2S. The molecule has 1 aliphatic heterocycles. The van der Waals surface area contributed by atoms with Crippen molar-refractivity contribution in [1.82, 2.24) is 10.6 Å². The van der Waals surface area contributed by atoms with E-state index in [0.29, 0.717) is 5.92 Å². The normalized spacial score (nSPS) is 19.8. The quantitative estimate of drug-likeness (QED) is 0.792. The number of carbonyl (C=O) groups excluding carboxylic acids is 1. The first-order valence-corrected chi connectivity index (χ1v) is 8.70. The number of ether oxygens (including phenoxy) is 1. The summed E-state index contributed by atoms with van der Waals surface area (Å²) in [5.74, 6) is 1.22. The Bertz CT molecular complexity index is 444. The molecule has 1 aromatic carbocycles. The summed E-state index contributed by atoms with van der Waals surface area (Å²) >= 11 is 1.69. The predicted octanol–water partition coefficient (Wildman–Crippen LogP) is 2.29. The topological polar surface area (TPSA) is 50.4 Å². The first-order valence-electron chi connectivity index (χ1n) is 7.48. The second-order valence-electron chi connectivity index (χ2n) is 5.39. The molecule has 2 atom stereocenters. The molecule has 1 heterocycles. The maximum Gasteiger partial charge on any atom is 0.260 e. The first kappa shape index (κ1) is 16.2. The highest BCUT2D eigenvalue weighted by atomic mass is 32.2. The summed E-state index contributed by atoms with van der Waals surface area (Å²) in [5.41, 5.74) is 0. The van der Waals surface area contributed by atoms with E-state index in [1.807, 2.05) is 30.5 Å². The number of rotatable bonds is 6. The van der Waals surface area contributed by atoms with E-state index in [-0.39, 0.29) is 5.91 Å². The van der Waals surface area contributed by atoms with E-state index in [0.717, 1.165) is 25.4 Å². The van der Waals surface area contributed by atoms with Crippen molar-refractivity contribution in [3.63, 3.8) is 0 Å². The molecule has 1 aliphatic rings. The van der Waals surface area contributed by atoms with Crippen LogP contribution in [0.4, 0.5) is 0 Å². The van der Waals surface area contributed by atoms with Gasteiger partial charge in [-0.2, -0.15) is 0 Å². The number of amides is 1. The number of hydrogen-bond acceptors (Lipinski definition) is 4. The van der Waals surface area contributed by atoms with Crippen LogP contribution in [0, 0.1) is 5.92 Å². The fourth-order valence-electron chi connectivity index (χ4n) is 2.40. The molecule has 4 nitrogen and oxygen atoms in total. The molecule has 0 radical (unpaired) electrons. The minimum atomic E-state index is -0.471. The summed E-state index contributed by atoms with van der Waals surface area (Å²) in [7, 11) is 0. The van der Waals surface area contributed by atoms with Crippen molar-refractivity contribution in [1.29, 1.82) is 0 Å². The van der Waals surface area contributed by atoms with Crippen molar-refractivity contribution in [3.05, 3.63) is 24.3 Å². The number of benzene rings is 1. The van der Waals surface area contributed by atoms with Gasteiger partial charge in [0.25, 0.3) is 5.91 Å². The number of piperidine rings is 1. The minimum absolute atomic E-state index is 0.0467. The van der Waals surface area contributed by atoms with Gasteiger partial charge in [-0.1, -0.05) is 0 Å². The Labute approximate surface area is 131 Å². The Morgan fingerprint density at radius 1 is 1.48 bits per heavy atom. The highest BCUT2D eigenvalue weighted by molar-refractivity contribution is 7.98. The molecule has 0 bridgehead atoms. The highest BCUT2D eigenvalue weighted by Crippen LogP contribution is 2.19. The van der Waals surface area contributed by atoms with Gasteiger partial charge in [0.15, 0.2) is 6.10 Å². The molecule has 2 unspecified atom stereocenters. The maximum absolute atomic E-state index is 12.1. The van der Waals surface area contributed by atoms with Crippen LogP contribution >= 0.6 is 11.8 Å². The van der Waals surface area contributed by atoms with E-state index in [2.05, 4.69) is 10.6 Å². The number of nitrogens with one attached hydrogen (secondary N) is 2. The molecule has 0 aliphatic carbocycles. The maximum atomic E-state index is 12.1. The lowest BCUT2D eigenvalue weighted by atomic mass is 10.00. The molecule has 1 fully saturated rings. The van der Waals surface area contributed by atoms with Gasteiger partial charge in [0.05, 0.1) is 0 Å². The SMILES string of the molecule is CSc1ccc(OC(C)C(=O)NCC2CCCNC2)cc1. The van der Waals surface area contributed by atoms with Crippen LogP contribution in [0.15, 0.2) is 29.2 Å². The zero-order valence-electron chi connectivity index (χ0n) is 12.7. The van der Waals surface area contributed by atoms with Gasteiger partial charge in [-0.3, -0.25) is 4.79 Å². The predicted molar refractivity (Wildman–Crippen MR) is 86.9 cm³/mol. The molecule has 0 spiro atoms. The summed E-state index contributed by atoms with van der Waals surface area (Å²) < 4.78 is 5.68. The molecule has 1 saturated heterocycles. The number of carbonyl (C=O) groups is 1. The molecule has 0 saturated carbocycles. The van der Waals surface area contributed by atoms with Crippen molar-refractivity contribution in [2.75, 3.05) is 25.9 Å². The van der Waals surface area contributed by atoms with Gasteiger partial charge in [-0.15, -0.1) is 11.8 Å². The van der Waals surface area contributed by atoms with E-state index in [9.17, 15) is 4.79 Å². The van der Waals surface area contributed by atoms with E-state index >= 15 is 0 Å². The Morgan fingerprint density at radius 2 is 2.24 bits per heavy atom. The minimum Gasteiger partial charge on any atom is -0.481 e. The van der Waals surface area contributed by atoms with Crippen LogP contribution in [0.5, 0.6) is 5.75 Å². The van der Waals surface area contributed by atoms with Gasteiger partial charge in [-0.05, 0) is 69.3 Å². The van der Waals surface area contributed by atoms with Crippen LogP contribution in [-0.2, 0) is 4.79 Å². The van der Waals surface area contributed by atoms with Gasteiger partial charge < -0.3 is 15.4 Å². The first-order chi connectivity index (χ1) is 10.2. The lowest BCUT2D eigenvalue weighted by Crippen LogP contribution is -2.42. The second-order valence-corrected chi connectivity index (χ2v) is 6.27. The van der Waals surface area contributed by atoms with Crippen LogP contribution < -0.4 is 15.4 Å². The molecule has 2 N–H and O–H groups in total. The van der Waals surface area contributed by atoms with Crippen molar-refractivity contribution in [3.8, 4) is 5.75 Å². The third-order valence-corrected chi connectivity index (χ3v) is 4.45. The van der Waals surface area contributed by atoms with E-state index in [1.54, 1.807) is 18.7 Å². The standard InChI is InChI=1S/C16H24N2O2S/c1-12(20-14-5-7-15(21-2)8-6-14)16(19)18-11-13-4-3-9-17-10-13/h5-8,12-13,17H,3-4,9-11H2,1-2H3,(H,18,19). The highest BCUT2D eigenvalue weighted by Gasteiger charge is 2.18. The van der Waals surface area contributed by atoms with E-state index in [1.165, 1.54) is 17.7 Å². The Morgan fingerprint density at radius 3 is 2.86 bits per heavy atom. The lowest BCUT2D eigenvalue weighted by molar-refractivity contribution is -0.127. The molecule has 5 heteroatoms. The van der Waals surface area contributed by atoms with Crippen molar-refractivity contribution < 1.29 is 9.53 Å². The third-order valence-electron chi connectivity index (χ3n) is 3.71. The Hall–Kier alpha value is -1.20. The Balaban J connectivity index is 1.75. The second kappa shape index (κ2) is 8.29. The smallest absolute Gasteiger partial charge is 0.260 e. The molecular weight excluding hydrogens is 284 g/mol. The van der Waals surface area contributed by atoms with Crippen molar-refractivity contribution >= 4 is 17.7 Å². The van der Waals surface area contributed by atoms with Crippen LogP contribution in [0.1, 0.15) is 19.8 Å². The van der Waals surface area contributed by atoms with Gasteiger partial charge in [0, 0.05) is 11.4 Å². The Kier molecular flexibility index (Phi) is 6.39. The van der Waals surface area contributed by atoms with Gasteiger partial charge >= 0.3 is 0 Å². The average Bonchev–Trinajstić information content (AvgIpc) is 2.54. The van der Waals surface area contributed by atoms with Gasteiger partial charge in [0.1, 0.15) is 5.75 Å². The van der Waals surface area contributed by atoms with E-state index < -0.39 is 6.10 Å². The van der Waals surface area contributed by atoms with Crippen LogP contribution in [0.3, 0.4) is 0 Å². The van der Waals surface area contributed by atoms with Crippen molar-refractivity contribution in [2.24, 2.45) is 5.92 Å². The summed E-state index contributed by atoms with van der Waals surface area (Å²) in [6, 6.07) is 7.80. The fraction of sp³-hybridized carbons (Fsp3) is 0.562. The average molecular weight is 308 g/mol. The molecule has 2 rings (SSSR count). The number of thioether (sulfide) groups is 1. The van der Waals surface area contributed by atoms with Crippen LogP contribution in [-0.4, -0.2) is 37.9 Å². The summed E-state index contributed by atoms with van der Waals surface area (Å²) in [5, 5.41) is 6.34. The zero-order chi connectivity index (χ0) is 15.1. The lowest BCUT2D eigenvalue weighted by Gasteiger charge is -2.23. The summed E-state index contributed by atoms with van der Waals surface area (Å²) in [6.07, 6.45) is 3.93.